The number of aromatic nitrogens is 1. The number of carbonyl (C=O) groups is 1. The lowest BCUT2D eigenvalue weighted by Crippen LogP contribution is -2.53. The highest BCUT2D eigenvalue weighted by Crippen LogP contribution is 2.34. The highest BCUT2D eigenvalue weighted by atomic mass is 16.5. The molecule has 2 aliphatic rings. The van der Waals surface area contributed by atoms with Gasteiger partial charge in [-0.15, -0.1) is 0 Å². The summed E-state index contributed by atoms with van der Waals surface area (Å²) in [5.41, 5.74) is 1.89. The van der Waals surface area contributed by atoms with Crippen molar-refractivity contribution >= 4 is 16.8 Å². The summed E-state index contributed by atoms with van der Waals surface area (Å²) < 4.78 is 7.95. The molecule has 4 rings (SSSR count). The van der Waals surface area contributed by atoms with Gasteiger partial charge in [-0.25, -0.2) is 0 Å². The lowest BCUT2D eigenvalue weighted by Gasteiger charge is -2.39. The van der Waals surface area contributed by atoms with Gasteiger partial charge in [0.15, 0.2) is 0 Å². The number of rotatable bonds is 5. The molecule has 1 aliphatic carbocycles. The molecule has 28 heavy (non-hydrogen) atoms. The van der Waals surface area contributed by atoms with Crippen molar-refractivity contribution in [3.05, 3.63) is 30.0 Å². The molecule has 1 saturated carbocycles. The van der Waals surface area contributed by atoms with Gasteiger partial charge >= 0.3 is 0 Å². The molecule has 5 nitrogen and oxygen atoms in total. The van der Waals surface area contributed by atoms with Crippen LogP contribution in [-0.4, -0.2) is 59.6 Å². The first kappa shape index (κ1) is 19.3. The molecule has 0 bridgehead atoms. The first-order chi connectivity index (χ1) is 13.6. The summed E-state index contributed by atoms with van der Waals surface area (Å²) in [6.07, 6.45) is 7.31. The number of methoxy groups -OCH3 is 1. The van der Waals surface area contributed by atoms with Crippen LogP contribution in [-0.2, 0) is 6.54 Å². The molecule has 1 amide bonds. The van der Waals surface area contributed by atoms with Crippen molar-refractivity contribution in [3.8, 4) is 5.75 Å². The van der Waals surface area contributed by atoms with E-state index < -0.39 is 0 Å². The van der Waals surface area contributed by atoms with Gasteiger partial charge in [-0.05, 0) is 38.3 Å². The van der Waals surface area contributed by atoms with Crippen LogP contribution in [0, 0.1) is 5.92 Å². The van der Waals surface area contributed by atoms with Gasteiger partial charge < -0.3 is 14.2 Å². The fourth-order valence-electron chi connectivity index (χ4n) is 5.10. The monoisotopic (exact) mass is 383 g/mol. The van der Waals surface area contributed by atoms with Crippen molar-refractivity contribution in [2.75, 3.05) is 33.3 Å². The lowest BCUT2D eigenvalue weighted by molar-refractivity contribution is 0.0530. The normalized spacial score (nSPS) is 21.5. The third-order valence-electron chi connectivity index (χ3n) is 6.70. The van der Waals surface area contributed by atoms with Crippen LogP contribution in [0.15, 0.2) is 24.4 Å². The SMILES string of the molecule is CCN1CCN(C(=O)c2cn(CC3CCCC3)c3c(OC)cccc23)CC1C. The van der Waals surface area contributed by atoms with Crippen molar-refractivity contribution in [2.45, 2.75) is 52.1 Å². The molecule has 0 radical (unpaired) electrons. The zero-order valence-electron chi connectivity index (χ0n) is 17.5. The Hall–Kier alpha value is -2.01. The zero-order chi connectivity index (χ0) is 19.7. The van der Waals surface area contributed by atoms with Crippen LogP contribution >= 0.6 is 0 Å². The Morgan fingerprint density at radius 3 is 2.68 bits per heavy atom. The van der Waals surface area contributed by atoms with Crippen LogP contribution in [0.25, 0.3) is 10.9 Å². The number of amides is 1. The summed E-state index contributed by atoms with van der Waals surface area (Å²) in [6, 6.07) is 6.48. The quantitative estimate of drug-likeness (QED) is 0.783. The molecule has 152 valence electrons. The van der Waals surface area contributed by atoms with Crippen molar-refractivity contribution in [1.82, 2.24) is 14.4 Å². The van der Waals surface area contributed by atoms with Gasteiger partial charge in [0, 0.05) is 43.8 Å². The molecule has 2 aromatic rings. The molecule has 1 atom stereocenters. The van der Waals surface area contributed by atoms with Crippen LogP contribution in [0.2, 0.25) is 0 Å². The van der Waals surface area contributed by atoms with Crippen molar-refractivity contribution < 1.29 is 9.53 Å². The minimum absolute atomic E-state index is 0.158. The number of para-hydroxylation sites is 1. The number of piperazine rings is 1. The molecule has 0 spiro atoms. The first-order valence-electron chi connectivity index (χ1n) is 10.8. The Morgan fingerprint density at radius 1 is 1.21 bits per heavy atom. The summed E-state index contributed by atoms with van der Waals surface area (Å²) in [4.78, 5) is 17.9. The van der Waals surface area contributed by atoms with Crippen LogP contribution < -0.4 is 4.74 Å². The fourth-order valence-corrected chi connectivity index (χ4v) is 5.10. The second kappa shape index (κ2) is 8.16. The predicted octanol–water partition coefficient (Wildman–Crippen LogP) is 4.01. The summed E-state index contributed by atoms with van der Waals surface area (Å²) in [5, 5.41) is 1.02. The molecule has 0 N–H and O–H groups in total. The highest BCUT2D eigenvalue weighted by Gasteiger charge is 2.29. The summed E-state index contributed by atoms with van der Waals surface area (Å²) in [5.74, 6) is 1.72. The van der Waals surface area contributed by atoms with Gasteiger partial charge in [-0.2, -0.15) is 0 Å². The number of fused-ring (bicyclic) bond motifs is 1. The third-order valence-corrected chi connectivity index (χ3v) is 6.70. The maximum Gasteiger partial charge on any atom is 0.256 e. The van der Waals surface area contributed by atoms with E-state index in [0.29, 0.717) is 12.0 Å². The third kappa shape index (κ3) is 3.52. The minimum atomic E-state index is 0.158. The maximum atomic E-state index is 13.5. The van der Waals surface area contributed by atoms with Gasteiger partial charge in [-0.3, -0.25) is 9.69 Å². The lowest BCUT2D eigenvalue weighted by atomic mass is 10.1. The van der Waals surface area contributed by atoms with E-state index in [2.05, 4.69) is 35.6 Å². The second-order valence-corrected chi connectivity index (χ2v) is 8.43. The van der Waals surface area contributed by atoms with E-state index in [-0.39, 0.29) is 5.91 Å². The maximum absolute atomic E-state index is 13.5. The topological polar surface area (TPSA) is 37.7 Å². The Balaban J connectivity index is 1.67. The minimum Gasteiger partial charge on any atom is -0.495 e. The Labute approximate surface area is 168 Å². The molecular weight excluding hydrogens is 350 g/mol. The fraction of sp³-hybridized carbons (Fsp3) is 0.609. The van der Waals surface area contributed by atoms with E-state index in [0.717, 1.165) is 54.9 Å². The van der Waals surface area contributed by atoms with Crippen LogP contribution in [0.3, 0.4) is 0 Å². The van der Waals surface area contributed by atoms with Gasteiger partial charge in [0.05, 0.1) is 18.2 Å². The number of hydrogen-bond donors (Lipinski definition) is 0. The highest BCUT2D eigenvalue weighted by molar-refractivity contribution is 6.08. The largest absolute Gasteiger partial charge is 0.495 e. The van der Waals surface area contributed by atoms with E-state index in [1.807, 2.05) is 17.0 Å². The molecule has 2 fully saturated rings. The molecular formula is C23H33N3O2. The van der Waals surface area contributed by atoms with Gasteiger partial charge in [-0.1, -0.05) is 31.9 Å². The standard InChI is InChI=1S/C23H33N3O2/c1-4-24-12-13-25(14-17(24)2)23(27)20-16-26(15-18-8-5-6-9-18)22-19(20)10-7-11-21(22)28-3/h7,10-11,16-18H,4-6,8-9,12-15H2,1-3H3. The molecule has 1 unspecified atom stereocenters. The zero-order valence-corrected chi connectivity index (χ0v) is 17.5. The molecule has 1 aromatic heterocycles. The van der Waals surface area contributed by atoms with Gasteiger partial charge in [0.2, 0.25) is 0 Å². The van der Waals surface area contributed by atoms with E-state index in [9.17, 15) is 4.79 Å². The predicted molar refractivity (Wildman–Crippen MR) is 113 cm³/mol. The number of benzene rings is 1. The Morgan fingerprint density at radius 2 is 2.00 bits per heavy atom. The van der Waals surface area contributed by atoms with Crippen LogP contribution in [0.5, 0.6) is 5.75 Å². The molecule has 1 saturated heterocycles. The molecule has 1 aliphatic heterocycles. The Bertz CT molecular complexity index is 838. The van der Waals surface area contributed by atoms with E-state index in [4.69, 9.17) is 4.74 Å². The van der Waals surface area contributed by atoms with E-state index in [1.165, 1.54) is 25.7 Å². The van der Waals surface area contributed by atoms with Crippen molar-refractivity contribution in [3.63, 3.8) is 0 Å². The number of likely N-dealkylation sites (N-methyl/N-ethyl adjacent to an activating group) is 1. The number of hydrogen-bond acceptors (Lipinski definition) is 3. The average Bonchev–Trinajstić information content (AvgIpc) is 3.35. The van der Waals surface area contributed by atoms with E-state index in [1.54, 1.807) is 7.11 Å². The van der Waals surface area contributed by atoms with Gasteiger partial charge in [0.25, 0.3) is 5.91 Å². The van der Waals surface area contributed by atoms with Crippen molar-refractivity contribution in [2.24, 2.45) is 5.92 Å². The average molecular weight is 384 g/mol. The van der Waals surface area contributed by atoms with Crippen LogP contribution in [0.1, 0.15) is 49.9 Å². The molecule has 1 aromatic carbocycles. The van der Waals surface area contributed by atoms with Crippen molar-refractivity contribution in [1.29, 1.82) is 0 Å². The second-order valence-electron chi connectivity index (χ2n) is 8.43. The van der Waals surface area contributed by atoms with E-state index >= 15 is 0 Å². The summed E-state index contributed by atoms with van der Waals surface area (Å²) in [6.45, 7) is 8.98. The molecule has 2 heterocycles. The summed E-state index contributed by atoms with van der Waals surface area (Å²) >= 11 is 0. The molecule has 5 heteroatoms. The number of ether oxygens (including phenoxy) is 1. The van der Waals surface area contributed by atoms with Gasteiger partial charge in [0.1, 0.15) is 5.75 Å². The smallest absolute Gasteiger partial charge is 0.256 e. The number of carbonyl (C=O) groups excluding carboxylic acids is 1. The van der Waals surface area contributed by atoms with Crippen LogP contribution in [0.4, 0.5) is 0 Å². The number of nitrogens with zero attached hydrogens (tertiary/aromatic N) is 3. The summed E-state index contributed by atoms with van der Waals surface area (Å²) in [7, 11) is 1.72. The first-order valence-corrected chi connectivity index (χ1v) is 10.8. The Kier molecular flexibility index (Phi) is 5.63.